The topological polar surface area (TPSA) is 86.4 Å². The van der Waals surface area contributed by atoms with Gasteiger partial charge in [-0.1, -0.05) is 13.3 Å². The number of aromatic nitrogens is 1. The first-order valence-corrected chi connectivity index (χ1v) is 10.1. The van der Waals surface area contributed by atoms with Crippen molar-refractivity contribution in [2.24, 2.45) is 5.92 Å². The Bertz CT molecular complexity index is 631. The number of carbonyl (C=O) groups excluding carboxylic acids is 2. The van der Waals surface area contributed by atoms with E-state index in [1.165, 1.54) is 0 Å². The van der Waals surface area contributed by atoms with Crippen molar-refractivity contribution in [2.45, 2.75) is 51.1 Å². The molecule has 26 heavy (non-hydrogen) atoms. The van der Waals surface area contributed by atoms with Crippen molar-refractivity contribution in [3.63, 3.8) is 0 Å². The van der Waals surface area contributed by atoms with Crippen molar-refractivity contribution in [1.29, 1.82) is 0 Å². The Hall–Kier alpha value is -1.51. The fraction of sp³-hybridized carbons (Fsp3) is 0.611. The summed E-state index contributed by atoms with van der Waals surface area (Å²) in [5.41, 5.74) is 6.34. The fourth-order valence-corrected chi connectivity index (χ4v) is 3.82. The quantitative estimate of drug-likeness (QED) is 0.674. The molecule has 0 aromatic carbocycles. The van der Waals surface area contributed by atoms with Gasteiger partial charge in [-0.25, -0.2) is 10.4 Å². The van der Waals surface area contributed by atoms with E-state index in [1.807, 2.05) is 11.0 Å². The number of nitrogens with zero attached hydrogens (tertiary/aromatic N) is 2. The minimum Gasteiger partial charge on any atom is -0.341 e. The molecule has 7 nitrogen and oxygen atoms in total. The maximum absolute atomic E-state index is 12.7. The van der Waals surface area contributed by atoms with Crippen LogP contribution in [0.25, 0.3) is 0 Å². The highest BCUT2D eigenvalue weighted by molar-refractivity contribution is 9.10. The minimum atomic E-state index is -0.149. The second kappa shape index (κ2) is 8.92. The molecule has 0 spiro atoms. The molecule has 3 N–H and O–H groups in total. The maximum atomic E-state index is 12.7. The molecule has 2 saturated heterocycles. The smallest absolute Gasteiger partial charge is 0.241 e. The van der Waals surface area contributed by atoms with Crippen LogP contribution in [-0.2, 0) is 9.59 Å². The summed E-state index contributed by atoms with van der Waals surface area (Å²) in [5, 5.41) is 2.86. The Kier molecular flexibility index (Phi) is 6.61. The minimum absolute atomic E-state index is 0.0180. The molecule has 142 valence electrons. The highest BCUT2D eigenvalue weighted by atomic mass is 79.9. The second-order valence-corrected chi connectivity index (χ2v) is 7.93. The van der Waals surface area contributed by atoms with Crippen LogP contribution in [0, 0.1) is 5.92 Å². The summed E-state index contributed by atoms with van der Waals surface area (Å²) in [6.07, 6.45) is 6.05. The van der Waals surface area contributed by atoms with Gasteiger partial charge in [0.2, 0.25) is 11.8 Å². The molecular formula is C18H26BrN5O2. The average molecular weight is 424 g/mol. The summed E-state index contributed by atoms with van der Waals surface area (Å²) >= 11 is 3.33. The van der Waals surface area contributed by atoms with E-state index >= 15 is 0 Å². The molecule has 2 unspecified atom stereocenters. The Morgan fingerprint density at radius 2 is 2.08 bits per heavy atom. The molecule has 0 saturated carbocycles. The number of nitrogens with one attached hydrogen (secondary N) is 3. The lowest BCUT2D eigenvalue weighted by Crippen LogP contribution is -2.49. The van der Waals surface area contributed by atoms with E-state index in [9.17, 15) is 9.59 Å². The third kappa shape index (κ3) is 4.81. The summed E-state index contributed by atoms with van der Waals surface area (Å²) in [6, 6.07) is 3.84. The van der Waals surface area contributed by atoms with E-state index in [4.69, 9.17) is 0 Å². The van der Waals surface area contributed by atoms with E-state index in [0.29, 0.717) is 37.8 Å². The zero-order chi connectivity index (χ0) is 18.5. The highest BCUT2D eigenvalue weighted by Crippen LogP contribution is 2.21. The highest BCUT2D eigenvalue weighted by Gasteiger charge is 2.34. The first-order chi connectivity index (χ1) is 12.6. The van der Waals surface area contributed by atoms with Crippen LogP contribution >= 0.6 is 15.9 Å². The summed E-state index contributed by atoms with van der Waals surface area (Å²) in [6.45, 7) is 3.40. The predicted molar refractivity (Wildman–Crippen MR) is 103 cm³/mol. The van der Waals surface area contributed by atoms with E-state index in [2.05, 4.69) is 44.0 Å². The number of carbonyl (C=O) groups is 2. The molecule has 0 aliphatic carbocycles. The van der Waals surface area contributed by atoms with Crippen LogP contribution in [0.4, 0.5) is 5.82 Å². The number of hydrazine groups is 1. The zero-order valence-corrected chi connectivity index (χ0v) is 16.6. The molecule has 0 bridgehead atoms. The van der Waals surface area contributed by atoms with E-state index in [-0.39, 0.29) is 23.8 Å². The molecule has 8 heteroatoms. The van der Waals surface area contributed by atoms with Crippen LogP contribution in [-0.4, -0.2) is 46.9 Å². The number of rotatable bonds is 5. The second-order valence-electron chi connectivity index (χ2n) is 7.01. The number of halogens is 1. The summed E-state index contributed by atoms with van der Waals surface area (Å²) < 4.78 is 0.874. The van der Waals surface area contributed by atoms with Gasteiger partial charge < -0.3 is 10.2 Å². The van der Waals surface area contributed by atoms with Gasteiger partial charge in [-0.3, -0.25) is 15.0 Å². The van der Waals surface area contributed by atoms with Crippen LogP contribution in [0.1, 0.15) is 39.0 Å². The largest absolute Gasteiger partial charge is 0.341 e. The molecule has 2 amide bonds. The van der Waals surface area contributed by atoms with Crippen LogP contribution in [0.15, 0.2) is 22.8 Å². The lowest BCUT2D eigenvalue weighted by molar-refractivity contribution is -0.136. The van der Waals surface area contributed by atoms with E-state index in [1.54, 1.807) is 12.3 Å². The van der Waals surface area contributed by atoms with Gasteiger partial charge in [0.25, 0.3) is 0 Å². The molecule has 3 heterocycles. The van der Waals surface area contributed by atoms with Crippen LogP contribution in [0.3, 0.4) is 0 Å². The maximum Gasteiger partial charge on any atom is 0.241 e. The third-order valence-corrected chi connectivity index (χ3v) is 5.54. The van der Waals surface area contributed by atoms with Crippen molar-refractivity contribution < 1.29 is 9.59 Å². The van der Waals surface area contributed by atoms with Crippen molar-refractivity contribution >= 4 is 33.6 Å². The first-order valence-electron chi connectivity index (χ1n) is 9.29. The van der Waals surface area contributed by atoms with Crippen LogP contribution < -0.4 is 16.2 Å². The lowest BCUT2D eigenvalue weighted by Gasteiger charge is -2.32. The number of amides is 2. The monoisotopic (exact) mass is 423 g/mol. The molecule has 2 atom stereocenters. The van der Waals surface area contributed by atoms with Crippen LogP contribution in [0.5, 0.6) is 0 Å². The van der Waals surface area contributed by atoms with E-state index < -0.39 is 0 Å². The zero-order valence-electron chi connectivity index (χ0n) is 15.0. The number of likely N-dealkylation sites (tertiary alicyclic amines) is 1. The Morgan fingerprint density at radius 3 is 2.73 bits per heavy atom. The van der Waals surface area contributed by atoms with Gasteiger partial charge in [0.05, 0.1) is 0 Å². The first kappa shape index (κ1) is 19.3. The van der Waals surface area contributed by atoms with Crippen LogP contribution in [0.2, 0.25) is 0 Å². The summed E-state index contributed by atoms with van der Waals surface area (Å²) in [4.78, 5) is 31.1. The number of hydrogen-bond donors (Lipinski definition) is 3. The van der Waals surface area contributed by atoms with Crippen molar-refractivity contribution in [2.75, 3.05) is 18.4 Å². The molecule has 2 fully saturated rings. The van der Waals surface area contributed by atoms with Crippen molar-refractivity contribution in [1.82, 2.24) is 20.7 Å². The molecule has 0 radical (unpaired) electrons. The third-order valence-electron chi connectivity index (χ3n) is 5.07. The number of pyridine rings is 1. The SMILES string of the molecule is CCCC1CC(C(=O)N2CCC(C(=O)Nc3ccc(Br)cn3)CC2)NN1. The van der Waals surface area contributed by atoms with Gasteiger partial charge in [-0.15, -0.1) is 0 Å². The summed E-state index contributed by atoms with van der Waals surface area (Å²) in [5.74, 6) is 0.604. The molecule has 3 rings (SSSR count). The normalized spacial score (nSPS) is 23.8. The molecule has 2 aliphatic heterocycles. The fourth-order valence-electron chi connectivity index (χ4n) is 3.58. The Morgan fingerprint density at radius 1 is 1.31 bits per heavy atom. The Labute approximate surface area is 162 Å². The van der Waals surface area contributed by atoms with Gasteiger partial charge >= 0.3 is 0 Å². The predicted octanol–water partition coefficient (Wildman–Crippen LogP) is 2.06. The average Bonchev–Trinajstić information content (AvgIpc) is 3.12. The molecule has 1 aromatic heterocycles. The van der Waals surface area contributed by atoms with E-state index in [0.717, 1.165) is 23.7 Å². The van der Waals surface area contributed by atoms with Crippen molar-refractivity contribution in [3.8, 4) is 0 Å². The summed E-state index contributed by atoms with van der Waals surface area (Å²) in [7, 11) is 0. The number of piperidine rings is 1. The van der Waals surface area contributed by atoms with Gasteiger partial charge in [0, 0.05) is 35.7 Å². The molecule has 2 aliphatic rings. The van der Waals surface area contributed by atoms with Crippen molar-refractivity contribution in [3.05, 3.63) is 22.8 Å². The van der Waals surface area contributed by atoms with Gasteiger partial charge in [-0.2, -0.15) is 0 Å². The molecule has 1 aromatic rings. The standard InChI is InChI=1S/C18H26BrN5O2/c1-2-3-14-10-15(23-22-14)18(26)24-8-6-12(7-9-24)17(25)21-16-5-4-13(19)11-20-16/h4-5,11-12,14-15,22-23H,2-3,6-10H2,1H3,(H,20,21,25). The Balaban J connectivity index is 1.45. The van der Waals surface area contributed by atoms with Gasteiger partial charge in [0.1, 0.15) is 11.9 Å². The van der Waals surface area contributed by atoms with Gasteiger partial charge in [-0.05, 0) is 53.7 Å². The van der Waals surface area contributed by atoms with Gasteiger partial charge in [0.15, 0.2) is 0 Å². The number of anilines is 1. The number of hydrogen-bond acceptors (Lipinski definition) is 5. The molecular weight excluding hydrogens is 398 g/mol. The lowest BCUT2D eigenvalue weighted by atomic mass is 9.95.